The van der Waals surface area contributed by atoms with Gasteiger partial charge in [-0.25, -0.2) is 0 Å². The first kappa shape index (κ1) is 12.1. The lowest BCUT2D eigenvalue weighted by atomic mass is 10.0. The molecule has 0 fully saturated rings. The highest BCUT2D eigenvalue weighted by Gasteiger charge is 2.36. The lowest BCUT2D eigenvalue weighted by Crippen LogP contribution is -2.23. The van der Waals surface area contributed by atoms with E-state index in [1.54, 1.807) is 0 Å². The quantitative estimate of drug-likeness (QED) is 0.645. The smallest absolute Gasteiger partial charge is 0.300 e. The zero-order valence-electron chi connectivity index (χ0n) is 7.44. The molecule has 0 N–H and O–H groups in total. The zero-order chi connectivity index (χ0) is 10.6. The maximum Gasteiger partial charge on any atom is 0.391 e. The Labute approximate surface area is 74.1 Å². The van der Waals surface area contributed by atoms with Crippen LogP contribution in [0, 0.1) is 5.92 Å². The monoisotopic (exact) mass is 196 g/mol. The first-order valence-corrected chi connectivity index (χ1v) is 3.81. The summed E-state index contributed by atoms with van der Waals surface area (Å²) in [6.45, 7) is 2.11. The number of carbonyl (C=O) groups is 2. The third kappa shape index (κ3) is 5.38. The van der Waals surface area contributed by atoms with Crippen molar-refractivity contribution in [3.8, 4) is 0 Å². The van der Waals surface area contributed by atoms with Crippen LogP contribution in [-0.4, -0.2) is 17.7 Å². The van der Waals surface area contributed by atoms with E-state index in [0.29, 0.717) is 0 Å². The van der Waals surface area contributed by atoms with Gasteiger partial charge in [-0.3, -0.25) is 9.59 Å². The predicted molar refractivity (Wildman–Crippen MR) is 40.1 cm³/mol. The summed E-state index contributed by atoms with van der Waals surface area (Å²) in [4.78, 5) is 21.2. The fourth-order valence-corrected chi connectivity index (χ4v) is 0.807. The van der Waals surface area contributed by atoms with E-state index in [2.05, 4.69) is 0 Å². The molecule has 0 amide bonds. The van der Waals surface area contributed by atoms with Gasteiger partial charge in [-0.05, 0) is 6.92 Å². The molecule has 5 heteroatoms. The molecule has 0 spiro atoms. The summed E-state index contributed by atoms with van der Waals surface area (Å²) in [7, 11) is 0. The molecule has 0 rings (SSSR count). The SMILES string of the molecule is CC(=O)CC(=O)CC(C)C(F)(F)F. The minimum atomic E-state index is -4.35. The van der Waals surface area contributed by atoms with Crippen LogP contribution in [0.25, 0.3) is 0 Å². The Bertz CT molecular complexity index is 208. The standard InChI is InChI=1S/C8H11F3O2/c1-5(8(9,10)11)3-7(13)4-6(2)12/h5H,3-4H2,1-2H3. The Morgan fingerprint density at radius 1 is 1.31 bits per heavy atom. The van der Waals surface area contributed by atoms with Gasteiger partial charge in [0.15, 0.2) is 0 Å². The van der Waals surface area contributed by atoms with Crippen molar-refractivity contribution in [2.24, 2.45) is 5.92 Å². The van der Waals surface area contributed by atoms with Crippen LogP contribution in [0.5, 0.6) is 0 Å². The number of ketones is 2. The normalized spacial score (nSPS) is 13.9. The van der Waals surface area contributed by atoms with Crippen molar-refractivity contribution in [1.29, 1.82) is 0 Å². The van der Waals surface area contributed by atoms with Gasteiger partial charge in [0.2, 0.25) is 0 Å². The Kier molecular flexibility index (Phi) is 4.10. The number of hydrogen-bond donors (Lipinski definition) is 0. The predicted octanol–water partition coefficient (Wildman–Crippen LogP) is 2.12. The molecule has 0 aliphatic heterocycles. The average Bonchev–Trinajstić information content (AvgIpc) is 1.82. The van der Waals surface area contributed by atoms with Crippen LogP contribution in [0.2, 0.25) is 0 Å². The van der Waals surface area contributed by atoms with E-state index >= 15 is 0 Å². The Morgan fingerprint density at radius 3 is 2.08 bits per heavy atom. The minimum Gasteiger partial charge on any atom is -0.300 e. The van der Waals surface area contributed by atoms with Gasteiger partial charge in [0.1, 0.15) is 11.6 Å². The van der Waals surface area contributed by atoms with E-state index in [9.17, 15) is 22.8 Å². The summed E-state index contributed by atoms with van der Waals surface area (Å²) < 4.78 is 35.7. The van der Waals surface area contributed by atoms with Crippen LogP contribution in [0.15, 0.2) is 0 Å². The maximum atomic E-state index is 11.9. The molecular formula is C8H11F3O2. The molecule has 2 nitrogen and oxygen atoms in total. The van der Waals surface area contributed by atoms with Gasteiger partial charge in [-0.2, -0.15) is 13.2 Å². The number of hydrogen-bond acceptors (Lipinski definition) is 2. The fourth-order valence-electron chi connectivity index (χ4n) is 0.807. The van der Waals surface area contributed by atoms with Crippen LogP contribution in [0.4, 0.5) is 13.2 Å². The molecule has 0 bridgehead atoms. The van der Waals surface area contributed by atoms with Crippen molar-refractivity contribution in [3.63, 3.8) is 0 Å². The van der Waals surface area contributed by atoms with E-state index in [1.807, 2.05) is 0 Å². The van der Waals surface area contributed by atoms with Crippen LogP contribution in [0.3, 0.4) is 0 Å². The number of carbonyl (C=O) groups excluding carboxylic acids is 2. The summed E-state index contributed by atoms with van der Waals surface area (Å²) in [5.41, 5.74) is 0. The largest absolute Gasteiger partial charge is 0.391 e. The van der Waals surface area contributed by atoms with Crippen molar-refractivity contribution in [2.75, 3.05) is 0 Å². The molecule has 0 heterocycles. The Balaban J connectivity index is 4.00. The first-order valence-electron chi connectivity index (χ1n) is 3.81. The highest BCUT2D eigenvalue weighted by molar-refractivity contribution is 5.97. The van der Waals surface area contributed by atoms with Crippen molar-refractivity contribution < 1.29 is 22.8 Å². The van der Waals surface area contributed by atoms with Crippen molar-refractivity contribution >= 4 is 11.6 Å². The van der Waals surface area contributed by atoms with Gasteiger partial charge < -0.3 is 0 Å². The summed E-state index contributed by atoms with van der Waals surface area (Å²) in [6, 6.07) is 0. The number of Topliss-reactive ketones (excluding diaryl/α,β-unsaturated/α-hetero) is 2. The molecule has 0 aliphatic rings. The van der Waals surface area contributed by atoms with E-state index in [0.717, 1.165) is 6.92 Å². The highest BCUT2D eigenvalue weighted by Crippen LogP contribution is 2.28. The lowest BCUT2D eigenvalue weighted by molar-refractivity contribution is -0.173. The molecule has 1 atom stereocenters. The molecule has 0 aromatic rings. The van der Waals surface area contributed by atoms with Crippen LogP contribution in [-0.2, 0) is 9.59 Å². The molecule has 0 radical (unpaired) electrons. The Morgan fingerprint density at radius 2 is 1.77 bits per heavy atom. The fraction of sp³-hybridized carbons (Fsp3) is 0.750. The molecule has 76 valence electrons. The second-order valence-electron chi connectivity index (χ2n) is 3.06. The van der Waals surface area contributed by atoms with Crippen molar-refractivity contribution in [2.45, 2.75) is 32.9 Å². The van der Waals surface area contributed by atoms with E-state index in [1.165, 1.54) is 6.92 Å². The molecule has 0 aliphatic carbocycles. The number of rotatable bonds is 4. The van der Waals surface area contributed by atoms with E-state index in [-0.39, 0.29) is 0 Å². The van der Waals surface area contributed by atoms with Crippen molar-refractivity contribution in [3.05, 3.63) is 0 Å². The van der Waals surface area contributed by atoms with Gasteiger partial charge in [-0.1, -0.05) is 6.92 Å². The van der Waals surface area contributed by atoms with Gasteiger partial charge in [0.05, 0.1) is 12.3 Å². The summed E-state index contributed by atoms with van der Waals surface area (Å²) in [5, 5.41) is 0. The van der Waals surface area contributed by atoms with Gasteiger partial charge in [-0.15, -0.1) is 0 Å². The topological polar surface area (TPSA) is 34.1 Å². The molecule has 1 unspecified atom stereocenters. The first-order chi connectivity index (χ1) is 5.73. The minimum absolute atomic E-state index is 0.402. The van der Waals surface area contributed by atoms with Crippen molar-refractivity contribution in [1.82, 2.24) is 0 Å². The third-order valence-corrected chi connectivity index (χ3v) is 1.54. The van der Waals surface area contributed by atoms with Gasteiger partial charge >= 0.3 is 6.18 Å². The number of alkyl halides is 3. The molecule has 0 saturated heterocycles. The van der Waals surface area contributed by atoms with E-state index in [4.69, 9.17) is 0 Å². The third-order valence-electron chi connectivity index (χ3n) is 1.54. The summed E-state index contributed by atoms with van der Waals surface area (Å²) >= 11 is 0. The maximum absolute atomic E-state index is 11.9. The van der Waals surface area contributed by atoms with Gasteiger partial charge in [0.25, 0.3) is 0 Å². The van der Waals surface area contributed by atoms with Gasteiger partial charge in [0, 0.05) is 6.42 Å². The zero-order valence-corrected chi connectivity index (χ0v) is 7.44. The Hall–Kier alpha value is -0.870. The second kappa shape index (κ2) is 4.39. The van der Waals surface area contributed by atoms with Crippen LogP contribution < -0.4 is 0 Å². The molecule has 0 saturated carbocycles. The molecule has 0 aromatic carbocycles. The summed E-state index contributed by atoms with van der Waals surface area (Å²) in [5.74, 6) is -2.73. The molecule has 0 aromatic heterocycles. The highest BCUT2D eigenvalue weighted by atomic mass is 19.4. The summed E-state index contributed by atoms with van der Waals surface area (Å²) in [6.07, 6.45) is -5.37. The average molecular weight is 196 g/mol. The second-order valence-corrected chi connectivity index (χ2v) is 3.06. The lowest BCUT2D eigenvalue weighted by Gasteiger charge is -2.13. The molecular weight excluding hydrogens is 185 g/mol. The molecule has 13 heavy (non-hydrogen) atoms. The van der Waals surface area contributed by atoms with Crippen LogP contribution in [0.1, 0.15) is 26.7 Å². The van der Waals surface area contributed by atoms with Crippen LogP contribution >= 0.6 is 0 Å². The number of halogens is 3. The van der Waals surface area contributed by atoms with E-state index < -0.39 is 36.5 Å².